The molecule has 0 saturated carbocycles. The lowest BCUT2D eigenvalue weighted by molar-refractivity contribution is 0.101. The quantitative estimate of drug-likeness (QED) is 0.631. The van der Waals surface area contributed by atoms with Gasteiger partial charge in [-0.05, 0) is 37.0 Å². The minimum absolute atomic E-state index is 0.115. The molecule has 1 aromatic rings. The highest BCUT2D eigenvalue weighted by atomic mass is 16.1. The lowest BCUT2D eigenvalue weighted by Crippen LogP contribution is -2.16. The van der Waals surface area contributed by atoms with E-state index in [-0.39, 0.29) is 22.7 Å². The molecule has 0 unspecified atom stereocenters. The van der Waals surface area contributed by atoms with E-state index < -0.39 is 0 Å². The van der Waals surface area contributed by atoms with Gasteiger partial charge in [0.2, 0.25) is 0 Å². The Hall–Kier alpha value is -1.64. The monoisotopic (exact) mass is 233 g/mol. The molecule has 3 nitrogen and oxygen atoms in total. The molecule has 2 N–H and O–H groups in total. The first-order chi connectivity index (χ1) is 7.64. The van der Waals surface area contributed by atoms with E-state index in [4.69, 9.17) is 5.73 Å². The first-order valence-electron chi connectivity index (χ1n) is 5.60. The summed E-state index contributed by atoms with van der Waals surface area (Å²) in [7, 11) is 0. The second-order valence-corrected chi connectivity index (χ2v) is 5.35. The topological polar surface area (TPSA) is 60.2 Å². The van der Waals surface area contributed by atoms with Gasteiger partial charge in [-0.25, -0.2) is 0 Å². The van der Waals surface area contributed by atoms with Gasteiger partial charge in [0.05, 0.1) is 5.69 Å². The van der Waals surface area contributed by atoms with Crippen molar-refractivity contribution in [3.63, 3.8) is 0 Å². The third-order valence-electron chi connectivity index (χ3n) is 2.80. The van der Waals surface area contributed by atoms with Crippen molar-refractivity contribution in [2.45, 2.75) is 40.0 Å². The summed E-state index contributed by atoms with van der Waals surface area (Å²) in [6, 6.07) is 3.56. The highest BCUT2D eigenvalue weighted by Gasteiger charge is 2.20. The Morgan fingerprint density at radius 1 is 1.00 bits per heavy atom. The van der Waals surface area contributed by atoms with Crippen molar-refractivity contribution in [1.29, 1.82) is 0 Å². The number of nitrogens with two attached hydrogens (primary N) is 1. The molecule has 0 aromatic heterocycles. The minimum Gasteiger partial charge on any atom is -0.398 e. The summed E-state index contributed by atoms with van der Waals surface area (Å²) in [5, 5.41) is 0. The van der Waals surface area contributed by atoms with E-state index in [2.05, 4.69) is 0 Å². The Morgan fingerprint density at radius 3 is 1.59 bits per heavy atom. The van der Waals surface area contributed by atoms with Crippen LogP contribution in [0.2, 0.25) is 0 Å². The highest BCUT2D eigenvalue weighted by Crippen LogP contribution is 2.29. The summed E-state index contributed by atoms with van der Waals surface area (Å²) in [5.74, 6) is -0.229. The Balaban J connectivity index is 3.59. The standard InChI is InChI=1S/C14H19NO2/c1-8(16)11-6-10(14(3,4)5)7-12(9(2)17)13(11)15/h6-7H,15H2,1-5H3. The summed E-state index contributed by atoms with van der Waals surface area (Å²) in [5.41, 5.74) is 7.83. The van der Waals surface area contributed by atoms with Crippen molar-refractivity contribution in [3.8, 4) is 0 Å². The summed E-state index contributed by atoms with van der Waals surface area (Å²) in [6.07, 6.45) is 0. The number of nitrogen functional groups attached to an aromatic ring is 1. The molecule has 0 radical (unpaired) electrons. The van der Waals surface area contributed by atoms with Gasteiger partial charge in [-0.15, -0.1) is 0 Å². The van der Waals surface area contributed by atoms with Crippen LogP contribution in [0.5, 0.6) is 0 Å². The maximum absolute atomic E-state index is 11.5. The highest BCUT2D eigenvalue weighted by molar-refractivity contribution is 6.07. The zero-order chi connectivity index (χ0) is 13.4. The average molecular weight is 233 g/mol. The van der Waals surface area contributed by atoms with Crippen LogP contribution in [-0.2, 0) is 5.41 Å². The molecule has 0 aliphatic heterocycles. The van der Waals surface area contributed by atoms with Gasteiger partial charge in [0.1, 0.15) is 0 Å². The molecule has 0 aliphatic rings. The zero-order valence-electron chi connectivity index (χ0n) is 11.0. The molecule has 0 heterocycles. The van der Waals surface area contributed by atoms with E-state index >= 15 is 0 Å². The molecule has 0 atom stereocenters. The number of rotatable bonds is 2. The second-order valence-electron chi connectivity index (χ2n) is 5.35. The van der Waals surface area contributed by atoms with Crippen LogP contribution in [0, 0.1) is 0 Å². The van der Waals surface area contributed by atoms with Gasteiger partial charge >= 0.3 is 0 Å². The van der Waals surface area contributed by atoms with Crippen LogP contribution in [-0.4, -0.2) is 11.6 Å². The van der Waals surface area contributed by atoms with E-state index in [0.29, 0.717) is 11.1 Å². The van der Waals surface area contributed by atoms with Crippen molar-refractivity contribution in [3.05, 3.63) is 28.8 Å². The van der Waals surface area contributed by atoms with E-state index in [9.17, 15) is 9.59 Å². The minimum atomic E-state index is -0.123. The van der Waals surface area contributed by atoms with Gasteiger partial charge in [0, 0.05) is 11.1 Å². The van der Waals surface area contributed by atoms with Gasteiger partial charge in [0.25, 0.3) is 0 Å². The van der Waals surface area contributed by atoms with Crippen LogP contribution in [0.4, 0.5) is 5.69 Å². The van der Waals surface area contributed by atoms with E-state index in [0.717, 1.165) is 5.56 Å². The number of Topliss-reactive ketones (excluding diaryl/α,β-unsaturated/α-hetero) is 2. The number of ketones is 2. The van der Waals surface area contributed by atoms with Crippen LogP contribution < -0.4 is 5.73 Å². The van der Waals surface area contributed by atoms with Gasteiger partial charge in [-0.3, -0.25) is 9.59 Å². The lowest BCUT2D eigenvalue weighted by atomic mass is 9.83. The molecule has 0 bridgehead atoms. The number of hydrogen-bond acceptors (Lipinski definition) is 3. The number of carbonyl (C=O) groups is 2. The summed E-state index contributed by atoms with van der Waals surface area (Å²) in [6.45, 7) is 9.02. The smallest absolute Gasteiger partial charge is 0.161 e. The van der Waals surface area contributed by atoms with Crippen molar-refractivity contribution in [2.75, 3.05) is 5.73 Å². The fourth-order valence-corrected chi connectivity index (χ4v) is 1.67. The molecule has 3 heteroatoms. The van der Waals surface area contributed by atoms with Crippen molar-refractivity contribution in [2.24, 2.45) is 0 Å². The van der Waals surface area contributed by atoms with Crippen molar-refractivity contribution < 1.29 is 9.59 Å². The molecule has 1 rings (SSSR count). The van der Waals surface area contributed by atoms with E-state index in [1.165, 1.54) is 13.8 Å². The number of anilines is 1. The Bertz CT molecular complexity index is 446. The predicted molar refractivity (Wildman–Crippen MR) is 69.6 cm³/mol. The third kappa shape index (κ3) is 2.73. The van der Waals surface area contributed by atoms with Crippen LogP contribution in [0.1, 0.15) is 60.9 Å². The van der Waals surface area contributed by atoms with Crippen LogP contribution in [0.15, 0.2) is 12.1 Å². The SMILES string of the molecule is CC(=O)c1cc(C(C)(C)C)cc(C(C)=O)c1N. The molecule has 0 saturated heterocycles. The molecule has 17 heavy (non-hydrogen) atoms. The maximum Gasteiger partial charge on any atom is 0.161 e. The van der Waals surface area contributed by atoms with Crippen molar-refractivity contribution in [1.82, 2.24) is 0 Å². The molecule has 0 fully saturated rings. The molecule has 0 spiro atoms. The summed E-state index contributed by atoms with van der Waals surface area (Å²) >= 11 is 0. The zero-order valence-corrected chi connectivity index (χ0v) is 11.0. The largest absolute Gasteiger partial charge is 0.398 e. The summed E-state index contributed by atoms with van der Waals surface area (Å²) in [4.78, 5) is 23.1. The molecular formula is C14H19NO2. The second kappa shape index (κ2) is 4.32. The van der Waals surface area contributed by atoms with E-state index in [1.54, 1.807) is 12.1 Å². The Morgan fingerprint density at radius 2 is 1.35 bits per heavy atom. The predicted octanol–water partition coefficient (Wildman–Crippen LogP) is 2.97. The fourth-order valence-electron chi connectivity index (χ4n) is 1.67. The normalized spacial score (nSPS) is 11.4. The van der Waals surface area contributed by atoms with E-state index in [1.807, 2.05) is 20.8 Å². The molecule has 0 aliphatic carbocycles. The van der Waals surface area contributed by atoms with Crippen molar-refractivity contribution >= 4 is 17.3 Å². The van der Waals surface area contributed by atoms with Crippen LogP contribution >= 0.6 is 0 Å². The van der Waals surface area contributed by atoms with Gasteiger partial charge < -0.3 is 5.73 Å². The number of carbonyl (C=O) groups excluding carboxylic acids is 2. The number of hydrogen-bond donors (Lipinski definition) is 1. The Kier molecular flexibility index (Phi) is 3.41. The number of benzene rings is 1. The first kappa shape index (κ1) is 13.4. The molecule has 1 aromatic carbocycles. The lowest BCUT2D eigenvalue weighted by Gasteiger charge is -2.21. The van der Waals surface area contributed by atoms with Crippen LogP contribution in [0.3, 0.4) is 0 Å². The first-order valence-corrected chi connectivity index (χ1v) is 5.60. The summed E-state index contributed by atoms with van der Waals surface area (Å²) < 4.78 is 0. The average Bonchev–Trinajstić information content (AvgIpc) is 2.14. The van der Waals surface area contributed by atoms with Gasteiger partial charge in [-0.1, -0.05) is 20.8 Å². The Labute approximate surface area is 102 Å². The maximum atomic E-state index is 11.5. The van der Waals surface area contributed by atoms with Gasteiger partial charge in [0.15, 0.2) is 11.6 Å². The van der Waals surface area contributed by atoms with Gasteiger partial charge in [-0.2, -0.15) is 0 Å². The molecule has 0 amide bonds. The molecule has 92 valence electrons. The van der Waals surface area contributed by atoms with Crippen LogP contribution in [0.25, 0.3) is 0 Å². The molecular weight excluding hydrogens is 214 g/mol. The fraction of sp³-hybridized carbons (Fsp3) is 0.429. The third-order valence-corrected chi connectivity index (χ3v) is 2.80.